The van der Waals surface area contributed by atoms with Crippen molar-refractivity contribution in [1.82, 2.24) is 14.5 Å². The molecule has 0 spiro atoms. The molecule has 2 aromatic rings. The second-order valence-corrected chi connectivity index (χ2v) is 6.27. The van der Waals surface area contributed by atoms with Gasteiger partial charge in [-0.05, 0) is 37.6 Å². The van der Waals surface area contributed by atoms with E-state index in [9.17, 15) is 13.2 Å². The molecule has 6 heteroatoms. The van der Waals surface area contributed by atoms with Gasteiger partial charge in [0.05, 0.1) is 11.3 Å². The molecule has 1 unspecified atom stereocenters. The number of halogens is 3. The van der Waals surface area contributed by atoms with Crippen molar-refractivity contribution in [3.05, 3.63) is 53.1 Å². The van der Waals surface area contributed by atoms with E-state index in [0.717, 1.165) is 48.7 Å². The molecule has 3 nitrogen and oxygen atoms in total. The molecule has 0 bridgehead atoms. The predicted octanol–water partition coefficient (Wildman–Crippen LogP) is 3.74. The highest BCUT2D eigenvalue weighted by atomic mass is 19.4. The van der Waals surface area contributed by atoms with Crippen LogP contribution in [0.15, 0.2) is 30.5 Å². The highest BCUT2D eigenvalue weighted by molar-refractivity contribution is 5.24. The quantitative estimate of drug-likeness (QED) is 0.858. The van der Waals surface area contributed by atoms with Crippen molar-refractivity contribution in [2.45, 2.75) is 32.0 Å². The van der Waals surface area contributed by atoms with Gasteiger partial charge >= 0.3 is 6.18 Å². The first kappa shape index (κ1) is 16.1. The van der Waals surface area contributed by atoms with Gasteiger partial charge in [-0.2, -0.15) is 13.2 Å². The molecule has 1 aliphatic heterocycles. The molecule has 3 rings (SSSR count). The van der Waals surface area contributed by atoms with Crippen LogP contribution in [0.25, 0.3) is 0 Å². The average molecular weight is 323 g/mol. The van der Waals surface area contributed by atoms with E-state index in [4.69, 9.17) is 0 Å². The van der Waals surface area contributed by atoms with Crippen molar-refractivity contribution in [3.8, 4) is 0 Å². The van der Waals surface area contributed by atoms with Crippen molar-refractivity contribution in [3.63, 3.8) is 0 Å². The number of hydrogen-bond acceptors (Lipinski definition) is 2. The first-order valence-electron chi connectivity index (χ1n) is 7.71. The maximum absolute atomic E-state index is 12.6. The van der Waals surface area contributed by atoms with Crippen molar-refractivity contribution < 1.29 is 13.2 Å². The minimum absolute atomic E-state index is 0.392. The molecular weight excluding hydrogens is 303 g/mol. The van der Waals surface area contributed by atoms with Crippen LogP contribution in [0.2, 0.25) is 0 Å². The van der Waals surface area contributed by atoms with Gasteiger partial charge in [-0.25, -0.2) is 4.98 Å². The fourth-order valence-electron chi connectivity index (χ4n) is 3.26. The zero-order valence-electron chi connectivity index (χ0n) is 13.3. The van der Waals surface area contributed by atoms with Crippen molar-refractivity contribution in [2.24, 2.45) is 7.05 Å². The monoisotopic (exact) mass is 323 g/mol. The summed E-state index contributed by atoms with van der Waals surface area (Å²) in [4.78, 5) is 6.86. The van der Waals surface area contributed by atoms with Crippen LogP contribution in [0.1, 0.15) is 35.0 Å². The van der Waals surface area contributed by atoms with Crippen molar-refractivity contribution in [2.75, 3.05) is 13.1 Å². The Hall–Kier alpha value is -1.82. The second-order valence-electron chi connectivity index (χ2n) is 6.27. The first-order chi connectivity index (χ1) is 10.8. The minimum atomic E-state index is -4.27. The van der Waals surface area contributed by atoms with Gasteiger partial charge in [-0.15, -0.1) is 0 Å². The molecular formula is C17H20F3N3. The maximum Gasteiger partial charge on any atom is 0.416 e. The smallest absolute Gasteiger partial charge is 0.337 e. The van der Waals surface area contributed by atoms with E-state index in [0.29, 0.717) is 12.5 Å². The van der Waals surface area contributed by atoms with Crippen LogP contribution in [0.4, 0.5) is 13.2 Å². The number of benzene rings is 1. The Bertz CT molecular complexity index is 673. The summed E-state index contributed by atoms with van der Waals surface area (Å²) in [5.74, 6) is 1.49. The lowest BCUT2D eigenvalue weighted by atomic mass is 10.1. The van der Waals surface area contributed by atoms with Crippen LogP contribution in [0.5, 0.6) is 0 Å². The first-order valence-corrected chi connectivity index (χ1v) is 7.71. The van der Waals surface area contributed by atoms with Gasteiger partial charge in [0.15, 0.2) is 0 Å². The summed E-state index contributed by atoms with van der Waals surface area (Å²) in [5, 5.41) is 0. The van der Waals surface area contributed by atoms with Crippen molar-refractivity contribution >= 4 is 0 Å². The van der Waals surface area contributed by atoms with E-state index < -0.39 is 11.7 Å². The van der Waals surface area contributed by atoms with Crippen LogP contribution in [0.3, 0.4) is 0 Å². The molecule has 124 valence electrons. The highest BCUT2D eigenvalue weighted by Gasteiger charge is 2.30. The van der Waals surface area contributed by atoms with Gasteiger partial charge in [0, 0.05) is 32.3 Å². The lowest BCUT2D eigenvalue weighted by Crippen LogP contribution is -2.20. The molecule has 2 heterocycles. The predicted molar refractivity (Wildman–Crippen MR) is 82.0 cm³/mol. The summed E-state index contributed by atoms with van der Waals surface area (Å²) < 4.78 is 39.8. The fourth-order valence-corrected chi connectivity index (χ4v) is 3.26. The molecule has 1 atom stereocenters. The Balaban J connectivity index is 1.63. The van der Waals surface area contributed by atoms with Gasteiger partial charge in [0.2, 0.25) is 0 Å². The van der Waals surface area contributed by atoms with Gasteiger partial charge in [0.25, 0.3) is 0 Å². The molecule has 0 radical (unpaired) electrons. The highest BCUT2D eigenvalue weighted by Crippen LogP contribution is 2.30. The molecule has 1 aromatic heterocycles. The molecule has 1 saturated heterocycles. The molecule has 1 aromatic carbocycles. The van der Waals surface area contributed by atoms with Crippen LogP contribution in [0, 0.1) is 6.92 Å². The van der Waals surface area contributed by atoms with E-state index in [1.54, 1.807) is 12.1 Å². The van der Waals surface area contributed by atoms with Gasteiger partial charge < -0.3 is 4.57 Å². The number of likely N-dealkylation sites (tertiary alicyclic amines) is 1. The molecule has 1 fully saturated rings. The van der Waals surface area contributed by atoms with Crippen LogP contribution >= 0.6 is 0 Å². The lowest BCUT2D eigenvalue weighted by molar-refractivity contribution is -0.137. The molecule has 23 heavy (non-hydrogen) atoms. The SMILES string of the molecule is Cc1cn(C)c(C2CCN(Cc3ccc(C(F)(F)F)cc3)C2)n1. The van der Waals surface area contributed by atoms with E-state index in [1.807, 2.05) is 20.2 Å². The minimum Gasteiger partial charge on any atom is -0.337 e. The number of aryl methyl sites for hydroxylation is 2. The number of aromatic nitrogens is 2. The summed E-state index contributed by atoms with van der Waals surface area (Å²) >= 11 is 0. The summed E-state index contributed by atoms with van der Waals surface area (Å²) in [6.45, 7) is 4.50. The van der Waals surface area contributed by atoms with Gasteiger partial charge in [-0.3, -0.25) is 4.90 Å². The Morgan fingerprint density at radius 3 is 2.48 bits per heavy atom. The second kappa shape index (κ2) is 6.00. The van der Waals surface area contributed by atoms with Gasteiger partial charge in [-0.1, -0.05) is 12.1 Å². The third-order valence-electron chi connectivity index (χ3n) is 4.36. The fraction of sp³-hybridized carbons (Fsp3) is 0.471. The normalized spacial score (nSPS) is 19.4. The van der Waals surface area contributed by atoms with Crippen LogP contribution in [-0.2, 0) is 19.8 Å². The maximum atomic E-state index is 12.6. The molecule has 1 aliphatic rings. The summed E-state index contributed by atoms with van der Waals surface area (Å²) in [6, 6.07) is 5.46. The Morgan fingerprint density at radius 2 is 1.91 bits per heavy atom. The molecule has 0 N–H and O–H groups in total. The molecule has 0 aliphatic carbocycles. The van der Waals surface area contributed by atoms with Crippen LogP contribution in [-0.4, -0.2) is 27.5 Å². The summed E-state index contributed by atoms with van der Waals surface area (Å²) in [7, 11) is 2.01. The Kier molecular flexibility index (Phi) is 4.19. The van der Waals surface area contributed by atoms with Crippen molar-refractivity contribution in [1.29, 1.82) is 0 Å². The number of rotatable bonds is 3. The lowest BCUT2D eigenvalue weighted by Gasteiger charge is -2.16. The summed E-state index contributed by atoms with van der Waals surface area (Å²) in [5.41, 5.74) is 1.34. The topological polar surface area (TPSA) is 21.1 Å². The number of nitrogens with zero attached hydrogens (tertiary/aromatic N) is 3. The molecule has 0 saturated carbocycles. The van der Waals surface area contributed by atoms with E-state index >= 15 is 0 Å². The van der Waals surface area contributed by atoms with Gasteiger partial charge in [0.1, 0.15) is 5.82 Å². The molecule has 0 amide bonds. The zero-order chi connectivity index (χ0) is 16.6. The Labute approximate surface area is 133 Å². The third kappa shape index (κ3) is 3.58. The van der Waals surface area contributed by atoms with E-state index in [1.165, 1.54) is 0 Å². The third-order valence-corrected chi connectivity index (χ3v) is 4.36. The largest absolute Gasteiger partial charge is 0.416 e. The van der Waals surface area contributed by atoms with Crippen LogP contribution < -0.4 is 0 Å². The Morgan fingerprint density at radius 1 is 1.22 bits per heavy atom. The number of hydrogen-bond donors (Lipinski definition) is 0. The van der Waals surface area contributed by atoms with E-state index in [-0.39, 0.29) is 0 Å². The average Bonchev–Trinajstić information content (AvgIpc) is 3.05. The summed E-state index contributed by atoms with van der Waals surface area (Å²) in [6.07, 6.45) is -1.22. The number of alkyl halides is 3. The zero-order valence-corrected chi connectivity index (χ0v) is 13.3. The standard InChI is InChI=1S/C17H20F3N3/c1-12-9-22(2)16(21-12)14-7-8-23(11-14)10-13-3-5-15(6-4-13)17(18,19)20/h3-6,9,14H,7-8,10-11H2,1-2H3. The number of imidazole rings is 1. The van der Waals surface area contributed by atoms with E-state index in [2.05, 4.69) is 14.5 Å².